The number of thiocarbonyl (C=S) groups is 1. The van der Waals surface area contributed by atoms with Gasteiger partial charge in [0.1, 0.15) is 0 Å². The molecule has 0 radical (unpaired) electrons. The minimum Gasteiger partial charge on any atom is -0.362 e. The van der Waals surface area contributed by atoms with E-state index in [-0.39, 0.29) is 0 Å². The minimum atomic E-state index is 0.682. The van der Waals surface area contributed by atoms with E-state index in [2.05, 4.69) is 17.6 Å². The van der Waals surface area contributed by atoms with Crippen molar-refractivity contribution in [1.82, 2.24) is 5.32 Å². The second kappa shape index (κ2) is 12.7. The van der Waals surface area contributed by atoms with Crippen LogP contribution in [0.15, 0.2) is 24.3 Å². The summed E-state index contributed by atoms with van der Waals surface area (Å²) in [5.41, 5.74) is 0.967. The molecule has 2 N–H and O–H groups in total. The van der Waals surface area contributed by atoms with Crippen molar-refractivity contribution >= 4 is 34.6 Å². The van der Waals surface area contributed by atoms with Crippen molar-refractivity contribution in [2.24, 2.45) is 0 Å². The van der Waals surface area contributed by atoms with Gasteiger partial charge in [0.25, 0.3) is 0 Å². The van der Waals surface area contributed by atoms with E-state index in [0.29, 0.717) is 5.11 Å². The number of hydrogen-bond donors (Lipinski definition) is 2. The molecule has 1 rings (SSSR count). The summed E-state index contributed by atoms with van der Waals surface area (Å²) in [7, 11) is 0. The van der Waals surface area contributed by atoms with Gasteiger partial charge in [-0.3, -0.25) is 0 Å². The van der Waals surface area contributed by atoms with E-state index in [4.69, 9.17) is 23.8 Å². The average Bonchev–Trinajstić information content (AvgIpc) is 2.51. The van der Waals surface area contributed by atoms with Gasteiger partial charge in [0, 0.05) is 17.3 Å². The van der Waals surface area contributed by atoms with Gasteiger partial charge in [-0.05, 0) is 42.9 Å². The monoisotopic (exact) mass is 340 g/mol. The molecule has 0 fully saturated rings. The van der Waals surface area contributed by atoms with Gasteiger partial charge in [0.15, 0.2) is 5.11 Å². The molecule has 22 heavy (non-hydrogen) atoms. The summed E-state index contributed by atoms with van der Waals surface area (Å²) in [5.74, 6) is 0. The first-order valence-corrected chi connectivity index (χ1v) is 9.31. The van der Waals surface area contributed by atoms with Gasteiger partial charge < -0.3 is 10.6 Å². The largest absolute Gasteiger partial charge is 0.362 e. The highest BCUT2D eigenvalue weighted by atomic mass is 35.5. The molecular weight excluding hydrogens is 312 g/mol. The fourth-order valence-corrected chi connectivity index (χ4v) is 2.69. The fraction of sp³-hybridized carbons (Fsp3) is 0.611. The van der Waals surface area contributed by atoms with E-state index in [1.54, 1.807) is 0 Å². The Morgan fingerprint density at radius 1 is 0.909 bits per heavy atom. The molecule has 0 spiro atoms. The van der Waals surface area contributed by atoms with Crippen LogP contribution in [0.1, 0.15) is 64.7 Å². The van der Waals surface area contributed by atoms with Crippen molar-refractivity contribution in [2.75, 3.05) is 11.9 Å². The molecule has 0 bridgehead atoms. The van der Waals surface area contributed by atoms with E-state index in [1.807, 2.05) is 24.3 Å². The molecule has 1 aromatic rings. The number of unbranched alkanes of at least 4 members (excludes halogenated alkanes) is 8. The Labute approximate surface area is 146 Å². The predicted octanol–water partition coefficient (Wildman–Crippen LogP) is 6.16. The van der Waals surface area contributed by atoms with E-state index >= 15 is 0 Å². The van der Waals surface area contributed by atoms with Crippen molar-refractivity contribution in [1.29, 1.82) is 0 Å². The Hall–Kier alpha value is -0.800. The average molecular weight is 341 g/mol. The molecule has 0 aliphatic carbocycles. The highest BCUT2D eigenvalue weighted by Gasteiger charge is 1.97. The molecule has 0 atom stereocenters. The maximum absolute atomic E-state index is 5.85. The topological polar surface area (TPSA) is 24.1 Å². The van der Waals surface area contributed by atoms with Gasteiger partial charge in [-0.15, -0.1) is 0 Å². The lowest BCUT2D eigenvalue weighted by Gasteiger charge is -2.10. The highest BCUT2D eigenvalue weighted by molar-refractivity contribution is 7.80. The van der Waals surface area contributed by atoms with Gasteiger partial charge in [-0.25, -0.2) is 0 Å². The van der Waals surface area contributed by atoms with E-state index in [0.717, 1.165) is 17.3 Å². The quantitative estimate of drug-likeness (QED) is 0.372. The Bertz CT molecular complexity index is 406. The molecule has 0 amide bonds. The second-order valence-corrected chi connectivity index (χ2v) is 6.56. The molecule has 0 aliphatic rings. The van der Waals surface area contributed by atoms with Gasteiger partial charge in [0.2, 0.25) is 0 Å². The van der Waals surface area contributed by atoms with Crippen molar-refractivity contribution in [3.8, 4) is 0 Å². The Morgan fingerprint density at radius 2 is 1.45 bits per heavy atom. The summed E-state index contributed by atoms with van der Waals surface area (Å²) in [4.78, 5) is 0. The van der Waals surface area contributed by atoms with Crippen LogP contribution in [-0.2, 0) is 0 Å². The summed E-state index contributed by atoms with van der Waals surface area (Å²) in [6.45, 7) is 3.20. The second-order valence-electron chi connectivity index (χ2n) is 5.72. The minimum absolute atomic E-state index is 0.682. The van der Waals surface area contributed by atoms with E-state index in [1.165, 1.54) is 57.8 Å². The molecule has 0 aromatic heterocycles. The number of rotatable bonds is 11. The molecular formula is C18H29ClN2S. The van der Waals surface area contributed by atoms with Crippen molar-refractivity contribution < 1.29 is 0 Å². The summed E-state index contributed by atoms with van der Waals surface area (Å²) < 4.78 is 0. The summed E-state index contributed by atoms with van der Waals surface area (Å²) in [6.07, 6.45) is 12.1. The van der Waals surface area contributed by atoms with Crippen LogP contribution in [0.25, 0.3) is 0 Å². The lowest BCUT2D eigenvalue weighted by atomic mass is 10.1. The van der Waals surface area contributed by atoms with Crippen LogP contribution >= 0.6 is 23.8 Å². The molecule has 0 heterocycles. The van der Waals surface area contributed by atoms with Crippen LogP contribution in [0.2, 0.25) is 5.02 Å². The lowest BCUT2D eigenvalue weighted by Crippen LogP contribution is -2.29. The first-order valence-electron chi connectivity index (χ1n) is 8.53. The number of hydrogen-bond acceptors (Lipinski definition) is 1. The van der Waals surface area contributed by atoms with Crippen LogP contribution in [0.3, 0.4) is 0 Å². The van der Waals surface area contributed by atoms with Gasteiger partial charge in [-0.1, -0.05) is 69.9 Å². The maximum atomic E-state index is 5.85. The van der Waals surface area contributed by atoms with Crippen molar-refractivity contribution in [3.05, 3.63) is 29.3 Å². The number of anilines is 1. The normalized spacial score (nSPS) is 10.5. The summed E-state index contributed by atoms with van der Waals surface area (Å²) in [5, 5.41) is 7.83. The first-order chi connectivity index (χ1) is 10.7. The third-order valence-electron chi connectivity index (χ3n) is 3.67. The van der Waals surface area contributed by atoms with E-state index < -0.39 is 0 Å². The molecule has 0 saturated carbocycles. The van der Waals surface area contributed by atoms with Crippen LogP contribution in [0, 0.1) is 0 Å². The highest BCUT2D eigenvalue weighted by Crippen LogP contribution is 2.13. The van der Waals surface area contributed by atoms with Gasteiger partial charge in [0.05, 0.1) is 0 Å². The Balaban J connectivity index is 1.93. The van der Waals surface area contributed by atoms with Crippen LogP contribution in [0.4, 0.5) is 5.69 Å². The summed E-state index contributed by atoms with van der Waals surface area (Å²) in [6, 6.07) is 7.56. The zero-order chi connectivity index (χ0) is 16.0. The molecule has 2 nitrogen and oxygen atoms in total. The Morgan fingerprint density at radius 3 is 2.05 bits per heavy atom. The number of halogens is 1. The molecule has 0 aliphatic heterocycles. The Kier molecular flexibility index (Phi) is 11.1. The van der Waals surface area contributed by atoms with Crippen LogP contribution in [0.5, 0.6) is 0 Å². The summed E-state index contributed by atoms with van der Waals surface area (Å²) >= 11 is 11.1. The molecule has 124 valence electrons. The third kappa shape index (κ3) is 10.0. The third-order valence-corrected chi connectivity index (χ3v) is 4.17. The molecule has 4 heteroatoms. The number of nitrogens with one attached hydrogen (secondary N) is 2. The van der Waals surface area contributed by atoms with Gasteiger partial charge >= 0.3 is 0 Å². The standard InChI is InChI=1S/C18H29ClN2S/c1-2-3-4-5-6-7-8-9-10-15-20-18(22)21-17-13-11-16(19)12-14-17/h11-14H,2-10,15H2,1H3,(H2,20,21,22). The van der Waals surface area contributed by atoms with Crippen molar-refractivity contribution in [2.45, 2.75) is 64.7 Å². The molecule has 0 unspecified atom stereocenters. The zero-order valence-corrected chi connectivity index (χ0v) is 15.2. The number of benzene rings is 1. The zero-order valence-electron chi connectivity index (χ0n) is 13.7. The predicted molar refractivity (Wildman–Crippen MR) is 103 cm³/mol. The lowest BCUT2D eigenvalue weighted by molar-refractivity contribution is 0.563. The fourth-order valence-electron chi connectivity index (χ4n) is 2.35. The van der Waals surface area contributed by atoms with Crippen LogP contribution in [-0.4, -0.2) is 11.7 Å². The first kappa shape index (κ1) is 19.2. The molecule has 1 aromatic carbocycles. The van der Waals surface area contributed by atoms with Gasteiger partial charge in [-0.2, -0.15) is 0 Å². The molecule has 0 saturated heterocycles. The maximum Gasteiger partial charge on any atom is 0.170 e. The van der Waals surface area contributed by atoms with E-state index in [9.17, 15) is 0 Å². The van der Waals surface area contributed by atoms with Crippen LogP contribution < -0.4 is 10.6 Å². The van der Waals surface area contributed by atoms with Crippen molar-refractivity contribution in [3.63, 3.8) is 0 Å². The smallest absolute Gasteiger partial charge is 0.170 e. The SMILES string of the molecule is CCCCCCCCCCCNC(=S)Nc1ccc(Cl)cc1.